The average Bonchev–Trinajstić information content (AvgIpc) is 2.51. The van der Waals surface area contributed by atoms with Gasteiger partial charge in [-0.3, -0.25) is 0 Å². The van der Waals surface area contributed by atoms with Crippen LogP contribution < -0.4 is 0 Å². The molecule has 0 saturated carbocycles. The largest absolute Gasteiger partial charge is 0.441 e. The molecule has 0 aliphatic heterocycles. The molecule has 72 valence electrons. The van der Waals surface area contributed by atoms with Crippen LogP contribution in [-0.2, 0) is 0 Å². The fraction of sp³-hybridized carbons (Fsp3) is 0.100. The highest BCUT2D eigenvalue weighted by Gasteiger charge is 2.12. The smallest absolute Gasteiger partial charge is 0.228 e. The predicted molar refractivity (Wildman–Crippen MR) is 64.4 cm³/mol. The number of aryl methyl sites for hydroxylation is 1. The number of halogens is 2. The first kappa shape index (κ1) is 9.98. The first-order chi connectivity index (χ1) is 6.68. The number of aromatic nitrogens is 1. The monoisotopic (exact) mass is 319 g/mol. The Morgan fingerprint density at radius 2 is 2.21 bits per heavy atom. The summed E-state index contributed by atoms with van der Waals surface area (Å²) in [6, 6.07) is 5.71. The van der Waals surface area contributed by atoms with E-state index in [0.717, 1.165) is 14.9 Å². The van der Waals surface area contributed by atoms with Gasteiger partial charge in [-0.25, -0.2) is 4.98 Å². The van der Waals surface area contributed by atoms with Crippen LogP contribution in [0.3, 0.4) is 0 Å². The Bertz CT molecular complexity index is 447. The minimum Gasteiger partial charge on any atom is -0.441 e. The first-order valence-corrected chi connectivity index (χ1v) is 5.51. The summed E-state index contributed by atoms with van der Waals surface area (Å²) in [7, 11) is 0. The van der Waals surface area contributed by atoms with Crippen LogP contribution in [0, 0.1) is 10.5 Å². The van der Waals surface area contributed by atoms with Crippen LogP contribution >= 0.6 is 34.2 Å². The summed E-state index contributed by atoms with van der Waals surface area (Å²) in [4.78, 5) is 4.15. The fourth-order valence-corrected chi connectivity index (χ4v) is 2.32. The number of oxazole rings is 1. The van der Waals surface area contributed by atoms with Gasteiger partial charge in [-0.05, 0) is 41.6 Å². The summed E-state index contributed by atoms with van der Waals surface area (Å²) in [5.74, 6) is 1.37. The highest BCUT2D eigenvalue weighted by atomic mass is 127. The topological polar surface area (TPSA) is 26.0 Å². The molecule has 1 heterocycles. The highest BCUT2D eigenvalue weighted by Crippen LogP contribution is 2.31. The van der Waals surface area contributed by atoms with E-state index < -0.39 is 0 Å². The van der Waals surface area contributed by atoms with Crippen molar-refractivity contribution < 1.29 is 4.42 Å². The lowest BCUT2D eigenvalue weighted by molar-refractivity contribution is 0.542. The fourth-order valence-electron chi connectivity index (χ4n) is 1.17. The molecular formula is C10H7ClINO. The van der Waals surface area contributed by atoms with E-state index in [1.807, 2.05) is 25.1 Å². The molecule has 0 aliphatic carbocycles. The van der Waals surface area contributed by atoms with Gasteiger partial charge in [0.15, 0.2) is 0 Å². The minimum atomic E-state index is 0.581. The zero-order valence-corrected chi connectivity index (χ0v) is 10.3. The first-order valence-electron chi connectivity index (χ1n) is 4.05. The van der Waals surface area contributed by atoms with E-state index >= 15 is 0 Å². The molecular weight excluding hydrogens is 312 g/mol. The van der Waals surface area contributed by atoms with Crippen LogP contribution in [0.2, 0.25) is 5.02 Å². The maximum atomic E-state index is 6.07. The van der Waals surface area contributed by atoms with Crippen molar-refractivity contribution in [2.24, 2.45) is 0 Å². The number of hydrogen-bond donors (Lipinski definition) is 0. The van der Waals surface area contributed by atoms with Crippen molar-refractivity contribution in [3.63, 3.8) is 0 Å². The molecule has 2 aromatic rings. The van der Waals surface area contributed by atoms with Crippen molar-refractivity contribution in [2.75, 3.05) is 0 Å². The maximum absolute atomic E-state index is 6.07. The molecule has 1 aromatic heterocycles. The maximum Gasteiger partial charge on any atom is 0.228 e. The molecule has 14 heavy (non-hydrogen) atoms. The van der Waals surface area contributed by atoms with Gasteiger partial charge in [0.1, 0.15) is 5.76 Å². The summed E-state index contributed by atoms with van der Waals surface area (Å²) >= 11 is 8.28. The number of hydrogen-bond acceptors (Lipinski definition) is 2. The van der Waals surface area contributed by atoms with Crippen LogP contribution in [-0.4, -0.2) is 4.98 Å². The molecule has 0 spiro atoms. The van der Waals surface area contributed by atoms with Crippen molar-refractivity contribution in [1.82, 2.24) is 4.98 Å². The summed E-state index contributed by atoms with van der Waals surface area (Å²) in [5.41, 5.74) is 0.864. The third-order valence-corrected chi connectivity index (χ3v) is 3.01. The molecule has 0 unspecified atom stereocenters. The molecule has 2 rings (SSSR count). The van der Waals surface area contributed by atoms with Gasteiger partial charge in [0.2, 0.25) is 5.89 Å². The Balaban J connectivity index is 2.61. The minimum absolute atomic E-state index is 0.581. The van der Waals surface area contributed by atoms with E-state index in [0.29, 0.717) is 10.9 Å². The Kier molecular flexibility index (Phi) is 2.78. The third kappa shape index (κ3) is 1.79. The Morgan fingerprint density at radius 3 is 2.79 bits per heavy atom. The van der Waals surface area contributed by atoms with Crippen LogP contribution in [0.4, 0.5) is 0 Å². The molecule has 4 heteroatoms. The standard InChI is InChI=1S/C10H7ClINO/c1-6-5-13-10(14-6)9-7(11)3-2-4-8(9)12/h2-5H,1H3. The molecule has 0 N–H and O–H groups in total. The zero-order valence-electron chi connectivity index (χ0n) is 7.42. The van der Waals surface area contributed by atoms with E-state index in [1.165, 1.54) is 0 Å². The van der Waals surface area contributed by atoms with Crippen LogP contribution in [0.15, 0.2) is 28.8 Å². The zero-order chi connectivity index (χ0) is 10.1. The van der Waals surface area contributed by atoms with Gasteiger partial charge in [0.05, 0.1) is 16.8 Å². The van der Waals surface area contributed by atoms with Gasteiger partial charge in [-0.1, -0.05) is 17.7 Å². The van der Waals surface area contributed by atoms with Crippen molar-refractivity contribution in [1.29, 1.82) is 0 Å². The molecule has 0 saturated heterocycles. The van der Waals surface area contributed by atoms with Crippen molar-refractivity contribution >= 4 is 34.2 Å². The van der Waals surface area contributed by atoms with Crippen molar-refractivity contribution in [3.05, 3.63) is 38.7 Å². The molecule has 2 nitrogen and oxygen atoms in total. The Morgan fingerprint density at radius 1 is 1.43 bits per heavy atom. The van der Waals surface area contributed by atoms with E-state index in [9.17, 15) is 0 Å². The summed E-state index contributed by atoms with van der Waals surface area (Å²) < 4.78 is 6.47. The number of rotatable bonds is 1. The lowest BCUT2D eigenvalue weighted by Gasteiger charge is -2.01. The summed E-state index contributed by atoms with van der Waals surface area (Å²) in [5, 5.41) is 0.666. The molecule has 0 atom stereocenters. The summed E-state index contributed by atoms with van der Waals surface area (Å²) in [6.07, 6.45) is 1.69. The second-order valence-corrected chi connectivity index (χ2v) is 4.44. The second kappa shape index (κ2) is 3.90. The second-order valence-electron chi connectivity index (χ2n) is 2.87. The Labute approximate surface area is 100 Å². The van der Waals surface area contributed by atoms with Gasteiger partial charge in [0.25, 0.3) is 0 Å². The van der Waals surface area contributed by atoms with Gasteiger partial charge < -0.3 is 4.42 Å². The van der Waals surface area contributed by atoms with Gasteiger partial charge in [0, 0.05) is 3.57 Å². The van der Waals surface area contributed by atoms with E-state index in [2.05, 4.69) is 27.6 Å². The van der Waals surface area contributed by atoms with Crippen LogP contribution in [0.25, 0.3) is 11.5 Å². The van der Waals surface area contributed by atoms with Crippen molar-refractivity contribution in [3.8, 4) is 11.5 Å². The van der Waals surface area contributed by atoms with Gasteiger partial charge in [-0.15, -0.1) is 0 Å². The predicted octanol–water partition coefficient (Wildman–Crippen LogP) is 3.91. The van der Waals surface area contributed by atoms with Crippen molar-refractivity contribution in [2.45, 2.75) is 6.92 Å². The van der Waals surface area contributed by atoms with E-state index in [1.54, 1.807) is 6.20 Å². The molecule has 0 bridgehead atoms. The average molecular weight is 320 g/mol. The Hall–Kier alpha value is -0.550. The SMILES string of the molecule is Cc1cnc(-c2c(Cl)cccc2I)o1. The number of benzene rings is 1. The molecule has 0 fully saturated rings. The number of nitrogens with zero attached hydrogens (tertiary/aromatic N) is 1. The molecule has 0 amide bonds. The molecule has 0 aliphatic rings. The molecule has 1 aromatic carbocycles. The van der Waals surface area contributed by atoms with E-state index in [-0.39, 0.29) is 0 Å². The normalized spacial score (nSPS) is 10.5. The van der Waals surface area contributed by atoms with Gasteiger partial charge >= 0.3 is 0 Å². The lowest BCUT2D eigenvalue weighted by Crippen LogP contribution is -1.83. The lowest BCUT2D eigenvalue weighted by atomic mass is 10.2. The summed E-state index contributed by atoms with van der Waals surface area (Å²) in [6.45, 7) is 1.86. The van der Waals surface area contributed by atoms with Gasteiger partial charge in [-0.2, -0.15) is 0 Å². The van der Waals surface area contributed by atoms with E-state index in [4.69, 9.17) is 16.0 Å². The molecule has 0 radical (unpaired) electrons. The quantitative estimate of drug-likeness (QED) is 0.745. The van der Waals surface area contributed by atoms with Crippen LogP contribution in [0.1, 0.15) is 5.76 Å². The van der Waals surface area contributed by atoms with Crippen LogP contribution in [0.5, 0.6) is 0 Å². The third-order valence-electron chi connectivity index (χ3n) is 1.80. The highest BCUT2D eigenvalue weighted by molar-refractivity contribution is 14.1.